The average Bonchev–Trinajstić information content (AvgIpc) is 1.58. The van der Waals surface area contributed by atoms with Crippen LogP contribution in [0.3, 0.4) is 0 Å². The number of nitrogens with zero attached hydrogens (tertiary/aromatic N) is 2. The van der Waals surface area contributed by atoms with E-state index in [0.717, 1.165) is 0 Å². The molecule has 0 heterocycles. The third-order valence-corrected chi connectivity index (χ3v) is 1.14. The lowest BCUT2D eigenvalue weighted by Gasteiger charge is -2.17. The molecule has 0 unspecified atom stereocenters. The van der Waals surface area contributed by atoms with Gasteiger partial charge in [-0.15, -0.1) is 0 Å². The van der Waals surface area contributed by atoms with Gasteiger partial charge >= 0.3 is 0 Å². The molecule has 0 aromatic carbocycles. The Morgan fingerprint density at radius 2 is 1.30 bits per heavy atom. The second-order valence-electron chi connectivity index (χ2n) is 3.15. The van der Waals surface area contributed by atoms with E-state index < -0.39 is 6.10 Å². The van der Waals surface area contributed by atoms with Crippen molar-refractivity contribution in [3.8, 4) is 0 Å². The molecule has 0 rings (SSSR count). The summed E-state index contributed by atoms with van der Waals surface area (Å²) < 4.78 is 0. The summed E-state index contributed by atoms with van der Waals surface area (Å²) in [6.07, 6.45) is -0.481. The second kappa shape index (κ2) is 4.66. The molecule has 0 saturated heterocycles. The molecule has 0 aromatic rings. The quantitative estimate of drug-likeness (QED) is 0.552. The highest BCUT2D eigenvalue weighted by molar-refractivity contribution is 4.60. The predicted molar refractivity (Wildman–Crippen MR) is 41.6 cm³/mol. The maximum Gasteiger partial charge on any atom is 0.118 e. The van der Waals surface area contributed by atoms with Crippen LogP contribution in [0.5, 0.6) is 0 Å². The highest BCUT2D eigenvalue weighted by Gasteiger charge is 2.07. The molecule has 0 aliphatic rings. The predicted octanol–water partition coefficient (Wildman–Crippen LogP) is -0.0913. The van der Waals surface area contributed by atoms with Crippen LogP contribution >= 0.6 is 0 Å². The van der Waals surface area contributed by atoms with Crippen molar-refractivity contribution < 1.29 is 5.11 Å². The fraction of sp³-hybridized carbons (Fsp3) is 1.00. The van der Waals surface area contributed by atoms with Crippen molar-refractivity contribution in [2.75, 3.05) is 41.3 Å². The number of likely N-dealkylation sites (N-methyl/N-ethyl adjacent to an activating group) is 2. The summed E-state index contributed by atoms with van der Waals surface area (Å²) in [6, 6.07) is 0. The smallest absolute Gasteiger partial charge is 0.118 e. The van der Waals surface area contributed by atoms with Crippen molar-refractivity contribution in [3.05, 3.63) is 0 Å². The summed E-state index contributed by atoms with van der Waals surface area (Å²) in [5.41, 5.74) is 0. The van der Waals surface area contributed by atoms with Crippen molar-refractivity contribution >= 4 is 0 Å². The number of rotatable bonds is 4. The van der Waals surface area contributed by atoms with E-state index in [1.165, 1.54) is 0 Å². The van der Waals surface area contributed by atoms with E-state index in [4.69, 9.17) is 0 Å². The van der Waals surface area contributed by atoms with E-state index in [2.05, 4.69) is 0 Å². The Morgan fingerprint density at radius 1 is 1.00 bits per heavy atom. The summed E-state index contributed by atoms with van der Waals surface area (Å²) in [7, 11) is 7.67. The van der Waals surface area contributed by atoms with E-state index in [0.29, 0.717) is 13.1 Å². The third-order valence-electron chi connectivity index (χ3n) is 1.14. The largest absolute Gasteiger partial charge is 0.307 e. The molecule has 0 bridgehead atoms. The van der Waals surface area contributed by atoms with Crippen LogP contribution in [0.4, 0.5) is 0 Å². The van der Waals surface area contributed by atoms with Crippen LogP contribution in [0, 0.1) is 0 Å². The molecular formula is C7H17N2O. The van der Waals surface area contributed by atoms with Crippen LogP contribution in [0.25, 0.3) is 0 Å². The van der Waals surface area contributed by atoms with E-state index >= 15 is 0 Å². The minimum absolute atomic E-state index is 0.481. The zero-order chi connectivity index (χ0) is 8.15. The fourth-order valence-electron chi connectivity index (χ4n) is 0.872. The van der Waals surface area contributed by atoms with Crippen LogP contribution in [0.15, 0.2) is 0 Å². The van der Waals surface area contributed by atoms with Crippen LogP contribution < -0.4 is 0 Å². The van der Waals surface area contributed by atoms with Gasteiger partial charge in [0, 0.05) is 13.1 Å². The van der Waals surface area contributed by atoms with Gasteiger partial charge in [0.05, 0.1) is 0 Å². The highest BCUT2D eigenvalue weighted by Crippen LogP contribution is 1.88. The third kappa shape index (κ3) is 6.01. The monoisotopic (exact) mass is 145 g/mol. The van der Waals surface area contributed by atoms with Gasteiger partial charge in [0.15, 0.2) is 0 Å². The zero-order valence-electron chi connectivity index (χ0n) is 7.29. The molecule has 0 aliphatic carbocycles. The van der Waals surface area contributed by atoms with E-state index in [1.54, 1.807) is 0 Å². The van der Waals surface area contributed by atoms with Gasteiger partial charge in [0.2, 0.25) is 0 Å². The molecule has 61 valence electrons. The molecule has 0 N–H and O–H groups in total. The fourth-order valence-corrected chi connectivity index (χ4v) is 0.872. The summed E-state index contributed by atoms with van der Waals surface area (Å²) in [5, 5.41) is 11.1. The van der Waals surface area contributed by atoms with Crippen molar-refractivity contribution in [3.63, 3.8) is 0 Å². The molecule has 0 aliphatic heterocycles. The standard InChI is InChI=1S/C7H17N2O/c1-8(2)5-7(10)6-9(3)4/h7H,5-6H2,1-4H3. The second-order valence-corrected chi connectivity index (χ2v) is 3.15. The minimum Gasteiger partial charge on any atom is -0.307 e. The molecule has 0 aromatic heterocycles. The molecule has 3 heteroatoms. The van der Waals surface area contributed by atoms with E-state index in [1.807, 2.05) is 38.0 Å². The average molecular weight is 145 g/mol. The zero-order valence-corrected chi connectivity index (χ0v) is 7.29. The lowest BCUT2D eigenvalue weighted by Crippen LogP contribution is -2.33. The molecule has 0 fully saturated rings. The van der Waals surface area contributed by atoms with Crippen LogP contribution in [-0.2, 0) is 5.11 Å². The van der Waals surface area contributed by atoms with Gasteiger partial charge in [-0.2, -0.15) is 0 Å². The Bertz CT molecular complexity index is 73.7. The van der Waals surface area contributed by atoms with E-state index in [9.17, 15) is 5.11 Å². The summed E-state index contributed by atoms with van der Waals surface area (Å²) in [5.74, 6) is 0. The number of hydrogen-bond acceptors (Lipinski definition) is 2. The lowest BCUT2D eigenvalue weighted by molar-refractivity contribution is 0.0441. The van der Waals surface area contributed by atoms with Crippen molar-refractivity contribution in [1.29, 1.82) is 0 Å². The maximum absolute atomic E-state index is 11.1. The normalized spacial score (nSPS) is 12.0. The first-order valence-electron chi connectivity index (χ1n) is 3.47. The first-order valence-corrected chi connectivity index (χ1v) is 3.47. The van der Waals surface area contributed by atoms with Crippen LogP contribution in [0.2, 0.25) is 0 Å². The molecule has 1 radical (unpaired) electrons. The Morgan fingerprint density at radius 3 is 1.50 bits per heavy atom. The van der Waals surface area contributed by atoms with Crippen molar-refractivity contribution in [1.82, 2.24) is 9.80 Å². The molecule has 0 amide bonds. The van der Waals surface area contributed by atoms with Gasteiger partial charge in [-0.05, 0) is 28.2 Å². The molecule has 3 nitrogen and oxygen atoms in total. The first kappa shape index (κ1) is 9.88. The molecule has 0 atom stereocenters. The Balaban J connectivity index is 3.34. The highest BCUT2D eigenvalue weighted by atomic mass is 16.3. The van der Waals surface area contributed by atoms with Gasteiger partial charge in [-0.25, -0.2) is 5.11 Å². The van der Waals surface area contributed by atoms with Gasteiger partial charge in [0.1, 0.15) is 6.10 Å². The topological polar surface area (TPSA) is 26.4 Å². The summed E-state index contributed by atoms with van der Waals surface area (Å²) >= 11 is 0. The lowest BCUT2D eigenvalue weighted by atomic mass is 10.3. The Labute approximate surface area is 63.2 Å². The molecule has 0 spiro atoms. The van der Waals surface area contributed by atoms with Gasteiger partial charge in [0.25, 0.3) is 0 Å². The Hall–Kier alpha value is -0.120. The SMILES string of the molecule is CN(C)CC([O])CN(C)C. The van der Waals surface area contributed by atoms with Crippen molar-refractivity contribution in [2.24, 2.45) is 0 Å². The number of hydrogen-bond donors (Lipinski definition) is 0. The maximum atomic E-state index is 11.1. The molecule has 10 heavy (non-hydrogen) atoms. The summed E-state index contributed by atoms with van der Waals surface area (Å²) in [4.78, 5) is 3.84. The van der Waals surface area contributed by atoms with Crippen LogP contribution in [0.1, 0.15) is 0 Å². The molecular weight excluding hydrogens is 128 g/mol. The van der Waals surface area contributed by atoms with Crippen molar-refractivity contribution in [2.45, 2.75) is 6.10 Å². The van der Waals surface area contributed by atoms with Crippen LogP contribution in [-0.4, -0.2) is 57.2 Å². The van der Waals surface area contributed by atoms with E-state index in [-0.39, 0.29) is 0 Å². The molecule has 0 saturated carbocycles. The van der Waals surface area contributed by atoms with Gasteiger partial charge in [-0.1, -0.05) is 0 Å². The van der Waals surface area contributed by atoms with Gasteiger partial charge in [-0.3, -0.25) is 0 Å². The van der Waals surface area contributed by atoms with Gasteiger partial charge < -0.3 is 9.80 Å². The summed E-state index contributed by atoms with van der Waals surface area (Å²) in [6.45, 7) is 1.25. The Kier molecular flexibility index (Phi) is 4.60. The minimum atomic E-state index is -0.481. The first-order chi connectivity index (χ1) is 4.52.